The first-order chi connectivity index (χ1) is 36.6. The van der Waals surface area contributed by atoms with E-state index in [0.717, 1.165) is 38.9 Å². The number of benzene rings is 7. The molecule has 0 radical (unpaired) electrons. The van der Waals surface area contributed by atoms with Crippen LogP contribution in [0.25, 0.3) is 10.4 Å². The van der Waals surface area contributed by atoms with Gasteiger partial charge in [0.05, 0.1) is 52.9 Å². The van der Waals surface area contributed by atoms with Crippen molar-refractivity contribution in [1.29, 1.82) is 0 Å². The Morgan fingerprint density at radius 2 is 0.676 bits per heavy atom. The highest BCUT2D eigenvalue weighted by molar-refractivity contribution is 5.20. The zero-order valence-corrected chi connectivity index (χ0v) is 41.2. The third-order valence-corrected chi connectivity index (χ3v) is 13.2. The predicted octanol–water partition coefficient (Wildman–Crippen LogP) is 10.9. The molecule has 74 heavy (non-hydrogen) atoms. The van der Waals surface area contributed by atoms with Crippen molar-refractivity contribution in [2.45, 2.75) is 114 Å². The summed E-state index contributed by atoms with van der Waals surface area (Å²) < 4.78 is 62.0. The lowest BCUT2D eigenvalue weighted by Gasteiger charge is -2.51. The molecule has 2 aliphatic rings. The Morgan fingerprint density at radius 3 is 1.04 bits per heavy atom. The minimum absolute atomic E-state index is 0.0462. The molecule has 382 valence electrons. The van der Waals surface area contributed by atoms with Crippen molar-refractivity contribution in [2.75, 3.05) is 6.61 Å². The fourth-order valence-corrected chi connectivity index (χ4v) is 9.39. The second kappa shape index (κ2) is 27.7. The molecule has 0 spiro atoms. The lowest BCUT2D eigenvalue weighted by Crippen LogP contribution is -2.69. The molecule has 1 saturated carbocycles. The molecule has 0 amide bonds. The monoisotopic (exact) mass is 997 g/mol. The average molecular weight is 998 g/mol. The number of hydrogen-bond acceptors (Lipinski definition) is 11. The smallest absolute Gasteiger partial charge is 0.169 e. The Labute approximate surface area is 433 Å². The van der Waals surface area contributed by atoms with Gasteiger partial charge >= 0.3 is 0 Å². The molecule has 0 bridgehead atoms. The highest BCUT2D eigenvalue weighted by atomic mass is 16.7. The third kappa shape index (κ3) is 14.6. The van der Waals surface area contributed by atoms with E-state index in [-0.39, 0.29) is 52.9 Å². The highest BCUT2D eigenvalue weighted by Gasteiger charge is 2.57. The third-order valence-electron chi connectivity index (χ3n) is 13.2. The Kier molecular flexibility index (Phi) is 19.6. The van der Waals surface area contributed by atoms with Crippen LogP contribution < -0.4 is 0 Å². The molecule has 1 saturated heterocycles. The zero-order valence-electron chi connectivity index (χ0n) is 41.2. The van der Waals surface area contributed by atoms with E-state index in [1.165, 1.54) is 0 Å². The standard InChI is InChI=1S/C61H63N3O10/c62-64-63-52-55(68-38-46-26-12-3-13-27-46)54(67-37-45-24-10-2-11-25-45)51(43-66-36-44-22-8-1-9-23-44)73-61(52)74-57-53(65)56(69-39-47-28-14-4-15-29-47)58(70-40-48-30-16-5-17-31-48)60(72-42-50-34-20-7-21-35-50)59(57)71-41-49-32-18-6-19-33-49/h1-35,51-61,65H,36-43H2/t51-,52-,53+,54+,55-,56+,57+,58+,59-,60-,61-/m1/s1. The van der Waals surface area contributed by atoms with Gasteiger partial charge in [-0.1, -0.05) is 217 Å². The zero-order chi connectivity index (χ0) is 50.6. The number of azide groups is 1. The van der Waals surface area contributed by atoms with Gasteiger partial charge in [-0.3, -0.25) is 0 Å². The molecule has 11 atom stereocenters. The van der Waals surface area contributed by atoms with Crippen LogP contribution >= 0.6 is 0 Å². The van der Waals surface area contributed by atoms with Gasteiger partial charge in [0, 0.05) is 4.91 Å². The van der Waals surface area contributed by atoms with Gasteiger partial charge in [0.25, 0.3) is 0 Å². The maximum Gasteiger partial charge on any atom is 0.169 e. The molecule has 13 nitrogen and oxygen atoms in total. The van der Waals surface area contributed by atoms with Crippen LogP contribution in [-0.4, -0.2) is 79.0 Å². The van der Waals surface area contributed by atoms with Crippen LogP contribution in [0.5, 0.6) is 0 Å². The molecule has 7 aromatic rings. The molecule has 2 fully saturated rings. The summed E-state index contributed by atoms with van der Waals surface area (Å²) in [5.74, 6) is 0. The van der Waals surface area contributed by atoms with Crippen molar-refractivity contribution in [3.05, 3.63) is 262 Å². The van der Waals surface area contributed by atoms with Crippen molar-refractivity contribution in [3.8, 4) is 0 Å². The summed E-state index contributed by atoms with van der Waals surface area (Å²) in [7, 11) is 0. The van der Waals surface area contributed by atoms with Crippen molar-refractivity contribution in [3.63, 3.8) is 0 Å². The van der Waals surface area contributed by atoms with Crippen LogP contribution in [0.15, 0.2) is 217 Å². The van der Waals surface area contributed by atoms with Crippen LogP contribution in [0, 0.1) is 0 Å². The molecule has 9 rings (SSSR count). The number of rotatable bonds is 25. The maximum absolute atomic E-state index is 13.1. The second-order valence-electron chi connectivity index (χ2n) is 18.4. The summed E-state index contributed by atoms with van der Waals surface area (Å²) in [5, 5.41) is 17.5. The van der Waals surface area contributed by atoms with Crippen LogP contribution in [0.1, 0.15) is 38.9 Å². The normalized spacial score (nSPS) is 24.7. The van der Waals surface area contributed by atoms with Gasteiger partial charge in [0.2, 0.25) is 0 Å². The summed E-state index contributed by atoms with van der Waals surface area (Å²) in [5.41, 5.74) is 16.8. The minimum Gasteiger partial charge on any atom is -0.387 e. The molecule has 0 aromatic heterocycles. The molecule has 7 aromatic carbocycles. The molecule has 1 aliphatic carbocycles. The summed E-state index contributed by atoms with van der Waals surface area (Å²) in [4.78, 5) is 3.36. The topological polar surface area (TPSA) is 152 Å². The van der Waals surface area contributed by atoms with Gasteiger partial charge in [-0.15, -0.1) is 0 Å². The van der Waals surface area contributed by atoms with E-state index in [0.29, 0.717) is 0 Å². The van der Waals surface area contributed by atoms with Gasteiger partial charge < -0.3 is 47.7 Å². The Hall–Kier alpha value is -6.55. The molecule has 0 unspecified atom stereocenters. The fraction of sp³-hybridized carbons (Fsp3) is 0.311. The molecular formula is C61H63N3O10. The average Bonchev–Trinajstić information content (AvgIpc) is 3.46. The van der Waals surface area contributed by atoms with Gasteiger partial charge in [-0.05, 0) is 44.5 Å². The van der Waals surface area contributed by atoms with Crippen LogP contribution in [-0.2, 0) is 88.9 Å². The number of hydrogen-bond donors (Lipinski definition) is 1. The number of nitrogens with zero attached hydrogens (tertiary/aromatic N) is 3. The van der Waals surface area contributed by atoms with Gasteiger partial charge in [0.15, 0.2) is 6.29 Å². The number of aliphatic hydroxyl groups is 1. The summed E-state index contributed by atoms with van der Waals surface area (Å²) >= 11 is 0. The van der Waals surface area contributed by atoms with Crippen LogP contribution in [0.3, 0.4) is 0 Å². The van der Waals surface area contributed by atoms with E-state index in [2.05, 4.69) is 10.0 Å². The van der Waals surface area contributed by atoms with Crippen molar-refractivity contribution < 1.29 is 47.7 Å². The number of ether oxygens (including phenoxy) is 9. The summed E-state index contributed by atoms with van der Waals surface area (Å²) in [6.07, 6.45) is -10.5. The highest BCUT2D eigenvalue weighted by Crippen LogP contribution is 2.38. The number of aliphatic hydroxyl groups excluding tert-OH is 1. The first kappa shape index (κ1) is 52.3. The van der Waals surface area contributed by atoms with Crippen LogP contribution in [0.4, 0.5) is 0 Å². The SMILES string of the molecule is [N-]=[N+]=N[C@H]1[C@@H](O[C@H]2[C@@H](O)[C@H](OCc3ccccc3)[C@H](OCc3ccccc3)[C@@H](OCc3ccccc3)[C@@H]2OCc2ccccc2)O[C@H](COCc2ccccc2)[C@H](OCc2ccccc2)[C@@H]1OCc1ccccc1. The second-order valence-corrected chi connectivity index (χ2v) is 18.4. The molecular weight excluding hydrogens is 935 g/mol. The van der Waals surface area contributed by atoms with Gasteiger partial charge in [-0.2, -0.15) is 0 Å². The maximum atomic E-state index is 13.1. The van der Waals surface area contributed by atoms with Crippen molar-refractivity contribution in [1.82, 2.24) is 0 Å². The molecule has 1 N–H and O–H groups in total. The predicted molar refractivity (Wildman–Crippen MR) is 279 cm³/mol. The summed E-state index contributed by atoms with van der Waals surface area (Å²) in [6, 6.07) is 67.4. The first-order valence-corrected chi connectivity index (χ1v) is 25.2. The minimum atomic E-state index is -1.42. The van der Waals surface area contributed by atoms with E-state index >= 15 is 0 Å². The van der Waals surface area contributed by atoms with Gasteiger partial charge in [-0.25, -0.2) is 0 Å². The van der Waals surface area contributed by atoms with Gasteiger partial charge in [0.1, 0.15) is 61.0 Å². The first-order valence-electron chi connectivity index (χ1n) is 25.2. The van der Waals surface area contributed by atoms with Crippen molar-refractivity contribution in [2.24, 2.45) is 5.11 Å². The molecule has 13 heteroatoms. The Bertz CT molecular complexity index is 2710. The van der Waals surface area contributed by atoms with E-state index in [9.17, 15) is 10.6 Å². The van der Waals surface area contributed by atoms with E-state index in [4.69, 9.17) is 42.6 Å². The fourth-order valence-electron chi connectivity index (χ4n) is 9.39. The van der Waals surface area contributed by atoms with Crippen LogP contribution in [0.2, 0.25) is 0 Å². The lowest BCUT2D eigenvalue weighted by molar-refractivity contribution is -0.338. The lowest BCUT2D eigenvalue weighted by atomic mass is 9.83. The quantitative estimate of drug-likeness (QED) is 0.0333. The Morgan fingerprint density at radius 1 is 0.378 bits per heavy atom. The summed E-state index contributed by atoms with van der Waals surface area (Å²) in [6.45, 7) is 1.31. The van der Waals surface area contributed by atoms with Crippen molar-refractivity contribution >= 4 is 0 Å². The van der Waals surface area contributed by atoms with E-state index in [1.54, 1.807) is 0 Å². The molecule has 1 aliphatic heterocycles. The molecule has 1 heterocycles. The largest absolute Gasteiger partial charge is 0.387 e. The van der Waals surface area contributed by atoms with E-state index in [1.807, 2.05) is 212 Å². The Balaban J connectivity index is 1.11. The van der Waals surface area contributed by atoms with E-state index < -0.39 is 67.3 Å².